The summed E-state index contributed by atoms with van der Waals surface area (Å²) < 4.78 is 6.71. The van der Waals surface area contributed by atoms with Crippen molar-refractivity contribution in [2.75, 3.05) is 6.61 Å². The number of rotatable bonds is 10. The topological polar surface area (TPSA) is 184 Å². The fourth-order valence-electron chi connectivity index (χ4n) is 3.74. The molecule has 2 rings (SSSR count). The van der Waals surface area contributed by atoms with Crippen molar-refractivity contribution in [2.45, 2.75) is 51.8 Å². The molecule has 170 valence electrons. The Labute approximate surface area is 179 Å². The van der Waals surface area contributed by atoms with E-state index in [0.717, 1.165) is 0 Å². The van der Waals surface area contributed by atoms with Gasteiger partial charge in [-0.1, -0.05) is 20.8 Å². The summed E-state index contributed by atoms with van der Waals surface area (Å²) in [6, 6.07) is -0.690. The van der Waals surface area contributed by atoms with Gasteiger partial charge in [0, 0.05) is 18.8 Å². The van der Waals surface area contributed by atoms with Gasteiger partial charge in [0.2, 0.25) is 17.7 Å². The molecule has 0 radical (unpaired) electrons. The van der Waals surface area contributed by atoms with Crippen molar-refractivity contribution in [2.24, 2.45) is 22.8 Å². The average Bonchev–Trinajstić information content (AvgIpc) is 3.23. The van der Waals surface area contributed by atoms with Crippen LogP contribution in [0.5, 0.6) is 0 Å². The van der Waals surface area contributed by atoms with Crippen LogP contribution in [0.4, 0.5) is 0 Å². The van der Waals surface area contributed by atoms with Gasteiger partial charge in [-0.05, 0) is 17.4 Å². The zero-order valence-electron chi connectivity index (χ0n) is 17.7. The lowest BCUT2D eigenvalue weighted by atomic mass is 9.73. The van der Waals surface area contributed by atoms with Gasteiger partial charge in [0.25, 0.3) is 0 Å². The summed E-state index contributed by atoms with van der Waals surface area (Å²) in [6.07, 6.45) is 1.61. The Morgan fingerprint density at radius 3 is 2.45 bits per heavy atom. The lowest BCUT2D eigenvalue weighted by Gasteiger charge is -2.37. The van der Waals surface area contributed by atoms with Gasteiger partial charge in [-0.3, -0.25) is 19.2 Å². The van der Waals surface area contributed by atoms with Crippen molar-refractivity contribution in [1.82, 2.24) is 9.88 Å². The second-order valence-electron chi connectivity index (χ2n) is 8.49. The molecular weight excluding hydrogens is 408 g/mol. The number of nitrogens with two attached hydrogens (primary N) is 2. The maximum absolute atomic E-state index is 13.3. The number of aromatic nitrogens is 1. The van der Waals surface area contributed by atoms with E-state index in [4.69, 9.17) is 16.2 Å². The van der Waals surface area contributed by atoms with Gasteiger partial charge in [0.1, 0.15) is 18.7 Å². The van der Waals surface area contributed by atoms with E-state index in [1.807, 2.05) is 0 Å². The van der Waals surface area contributed by atoms with Gasteiger partial charge in [-0.2, -0.15) is 0 Å². The van der Waals surface area contributed by atoms with Gasteiger partial charge in [0.15, 0.2) is 5.78 Å². The molecule has 1 aliphatic heterocycles. The van der Waals surface area contributed by atoms with Crippen LogP contribution in [-0.4, -0.2) is 57.9 Å². The molecular formula is C20H28N4O7. The number of nitrogens with zero attached hydrogens (tertiary/aromatic N) is 1. The SMILES string of the molecule is CC(C(C(=O)NC1C(=O)COC1CC(N)=O)n1ccc(C(=O)O)c1)C(C)(C)CC(N)=O. The quantitative estimate of drug-likeness (QED) is 0.384. The number of carbonyl (C=O) groups excluding carboxylic acids is 4. The first-order chi connectivity index (χ1) is 14.3. The highest BCUT2D eigenvalue weighted by Gasteiger charge is 2.42. The van der Waals surface area contributed by atoms with Crippen LogP contribution in [0.3, 0.4) is 0 Å². The second kappa shape index (κ2) is 9.29. The zero-order valence-corrected chi connectivity index (χ0v) is 17.7. The Kier molecular flexibility index (Phi) is 7.21. The lowest BCUT2D eigenvalue weighted by molar-refractivity contribution is -0.132. The molecule has 0 spiro atoms. The molecule has 3 amide bonds. The summed E-state index contributed by atoms with van der Waals surface area (Å²) in [7, 11) is 0. The molecule has 0 aromatic carbocycles. The highest BCUT2D eigenvalue weighted by Crippen LogP contribution is 2.38. The third-order valence-corrected chi connectivity index (χ3v) is 5.75. The number of carbonyl (C=O) groups is 5. The van der Waals surface area contributed by atoms with Crippen LogP contribution in [-0.2, 0) is 23.9 Å². The first kappa shape index (κ1) is 24.1. The van der Waals surface area contributed by atoms with Crippen LogP contribution in [0, 0.1) is 11.3 Å². The Bertz CT molecular complexity index is 892. The van der Waals surface area contributed by atoms with E-state index >= 15 is 0 Å². The smallest absolute Gasteiger partial charge is 0.337 e. The third kappa shape index (κ3) is 5.69. The molecule has 0 saturated carbocycles. The number of aromatic carboxylic acids is 1. The van der Waals surface area contributed by atoms with Crippen molar-refractivity contribution in [3.63, 3.8) is 0 Å². The van der Waals surface area contributed by atoms with E-state index in [0.29, 0.717) is 0 Å². The second-order valence-corrected chi connectivity index (χ2v) is 8.49. The molecule has 1 aromatic rings. The van der Waals surface area contributed by atoms with Gasteiger partial charge >= 0.3 is 5.97 Å². The standard InChI is InChI=1S/C20H28N4O7/c1-10(20(2,3)7-15(22)27)17(24-5-4-11(8-24)19(29)30)18(28)23-16-12(25)9-31-13(16)6-14(21)26/h4-5,8,10,13,16-17H,6-7,9H2,1-3H3,(H2,21,26)(H2,22,27)(H,23,28)(H,29,30). The Balaban J connectivity index is 2.37. The maximum Gasteiger partial charge on any atom is 0.337 e. The van der Waals surface area contributed by atoms with E-state index in [-0.39, 0.29) is 25.0 Å². The number of carboxylic acid groups (broad SMARTS) is 1. The van der Waals surface area contributed by atoms with E-state index < -0.39 is 59.0 Å². The van der Waals surface area contributed by atoms with E-state index in [1.54, 1.807) is 20.8 Å². The van der Waals surface area contributed by atoms with Crippen LogP contribution in [0.2, 0.25) is 0 Å². The van der Waals surface area contributed by atoms with Gasteiger partial charge in [-0.15, -0.1) is 0 Å². The molecule has 1 aromatic heterocycles. The van der Waals surface area contributed by atoms with Gasteiger partial charge < -0.3 is 31.2 Å². The first-order valence-corrected chi connectivity index (χ1v) is 9.75. The predicted octanol–water partition coefficient (Wildman–Crippen LogP) is -0.407. The number of carboxylic acids is 1. The van der Waals surface area contributed by atoms with E-state index in [9.17, 15) is 29.1 Å². The summed E-state index contributed by atoms with van der Waals surface area (Å²) in [5.74, 6) is -3.88. The lowest BCUT2D eigenvalue weighted by Crippen LogP contribution is -2.50. The van der Waals surface area contributed by atoms with Gasteiger partial charge in [-0.25, -0.2) is 4.79 Å². The Hall–Kier alpha value is -3.21. The van der Waals surface area contributed by atoms with Crippen molar-refractivity contribution in [1.29, 1.82) is 0 Å². The molecule has 11 nitrogen and oxygen atoms in total. The van der Waals surface area contributed by atoms with Crippen LogP contribution < -0.4 is 16.8 Å². The molecule has 2 heterocycles. The fraction of sp³-hybridized carbons (Fsp3) is 0.550. The van der Waals surface area contributed by atoms with Crippen molar-refractivity contribution < 1.29 is 33.8 Å². The van der Waals surface area contributed by atoms with Crippen LogP contribution in [0.25, 0.3) is 0 Å². The number of amides is 3. The first-order valence-electron chi connectivity index (χ1n) is 9.75. The number of hydrogen-bond acceptors (Lipinski definition) is 6. The number of ketones is 1. The fourth-order valence-corrected chi connectivity index (χ4v) is 3.74. The molecule has 4 unspecified atom stereocenters. The highest BCUT2D eigenvalue weighted by atomic mass is 16.5. The monoisotopic (exact) mass is 436 g/mol. The van der Waals surface area contributed by atoms with Crippen molar-refractivity contribution >= 4 is 29.5 Å². The molecule has 4 atom stereocenters. The molecule has 0 bridgehead atoms. The average molecular weight is 436 g/mol. The minimum Gasteiger partial charge on any atom is -0.478 e. The summed E-state index contributed by atoms with van der Waals surface area (Å²) in [4.78, 5) is 59.7. The predicted molar refractivity (Wildman–Crippen MR) is 108 cm³/mol. The molecule has 11 heteroatoms. The van der Waals surface area contributed by atoms with E-state index in [1.165, 1.54) is 23.0 Å². The maximum atomic E-state index is 13.3. The molecule has 1 aliphatic rings. The normalized spacial score (nSPS) is 20.8. The van der Waals surface area contributed by atoms with Crippen LogP contribution >= 0.6 is 0 Å². The molecule has 31 heavy (non-hydrogen) atoms. The molecule has 1 saturated heterocycles. The number of hydrogen-bond donors (Lipinski definition) is 4. The summed E-state index contributed by atoms with van der Waals surface area (Å²) in [6.45, 7) is 5.01. The highest BCUT2D eigenvalue weighted by molar-refractivity contribution is 5.94. The number of ether oxygens (including phenoxy) is 1. The van der Waals surface area contributed by atoms with Crippen molar-refractivity contribution in [3.8, 4) is 0 Å². The largest absolute Gasteiger partial charge is 0.478 e. The zero-order chi connectivity index (χ0) is 23.5. The molecule has 6 N–H and O–H groups in total. The molecule has 1 fully saturated rings. The Morgan fingerprint density at radius 2 is 1.94 bits per heavy atom. The number of nitrogens with one attached hydrogen (secondary N) is 1. The Morgan fingerprint density at radius 1 is 1.29 bits per heavy atom. The summed E-state index contributed by atoms with van der Waals surface area (Å²) in [5.41, 5.74) is 9.80. The minimum absolute atomic E-state index is 0.0131. The van der Waals surface area contributed by atoms with Crippen molar-refractivity contribution in [3.05, 3.63) is 24.0 Å². The van der Waals surface area contributed by atoms with Crippen LogP contribution in [0.15, 0.2) is 18.5 Å². The number of primary amides is 2. The van der Waals surface area contributed by atoms with Crippen LogP contribution in [0.1, 0.15) is 50.0 Å². The molecule has 0 aliphatic carbocycles. The third-order valence-electron chi connectivity index (χ3n) is 5.75. The number of Topliss-reactive ketones (excluding diaryl/α,β-unsaturated/α-hetero) is 1. The van der Waals surface area contributed by atoms with Gasteiger partial charge in [0.05, 0.1) is 18.1 Å². The minimum atomic E-state index is -1.16. The summed E-state index contributed by atoms with van der Waals surface area (Å²) >= 11 is 0. The van der Waals surface area contributed by atoms with E-state index in [2.05, 4.69) is 5.32 Å². The summed E-state index contributed by atoms with van der Waals surface area (Å²) in [5, 5.41) is 11.9.